The van der Waals surface area contributed by atoms with Gasteiger partial charge in [0.1, 0.15) is 0 Å². The van der Waals surface area contributed by atoms with Crippen LogP contribution in [0.25, 0.3) is 5.69 Å². The molecular weight excluding hydrogens is 354 g/mol. The number of esters is 1. The maximum Gasteiger partial charge on any atom is 0.313 e. The van der Waals surface area contributed by atoms with Crippen molar-refractivity contribution in [3.8, 4) is 5.69 Å². The predicted octanol–water partition coefficient (Wildman–Crippen LogP) is 3.36. The van der Waals surface area contributed by atoms with Gasteiger partial charge in [-0.15, -0.1) is 0 Å². The van der Waals surface area contributed by atoms with E-state index in [1.165, 1.54) is 11.1 Å². The average Bonchev–Trinajstić information content (AvgIpc) is 3.21. The summed E-state index contributed by atoms with van der Waals surface area (Å²) in [5, 5.41) is 4.40. The molecule has 0 bridgehead atoms. The van der Waals surface area contributed by atoms with Gasteiger partial charge in [0.15, 0.2) is 0 Å². The Hall–Kier alpha value is -2.18. The Balaban J connectivity index is 1.82. The third kappa shape index (κ3) is 4.62. The Kier molecular flexibility index (Phi) is 6.86. The molecule has 1 aromatic carbocycles. The summed E-state index contributed by atoms with van der Waals surface area (Å²) in [7, 11) is 1.68. The molecule has 2 heterocycles. The molecule has 28 heavy (non-hydrogen) atoms. The summed E-state index contributed by atoms with van der Waals surface area (Å²) in [6, 6.07) is 8.37. The average molecular weight is 386 g/mol. The fourth-order valence-electron chi connectivity index (χ4n) is 4.13. The quantitative estimate of drug-likeness (QED) is 0.652. The monoisotopic (exact) mass is 385 g/mol. The van der Waals surface area contributed by atoms with E-state index < -0.39 is 5.41 Å². The number of hydrogen-bond donors (Lipinski definition) is 0. The summed E-state index contributed by atoms with van der Waals surface area (Å²) in [5.41, 5.74) is 3.04. The Bertz CT molecular complexity index is 775. The van der Waals surface area contributed by atoms with Gasteiger partial charge in [0, 0.05) is 39.2 Å². The number of rotatable bonds is 8. The van der Waals surface area contributed by atoms with Crippen molar-refractivity contribution in [2.75, 3.05) is 33.4 Å². The number of hydrogen-bond acceptors (Lipinski definition) is 5. The first-order valence-corrected chi connectivity index (χ1v) is 10.1. The standard InChI is InChI=1S/C22H31N3O3/c1-4-28-21(26)22(10-14-27-3)9-5-12-24(17-22)16-19-15-18(2)7-8-20(19)25-13-6-11-23-25/h6-8,11,13,15H,4-5,9-10,12,14,16-17H2,1-3H3. The molecule has 1 aromatic heterocycles. The lowest BCUT2D eigenvalue weighted by Crippen LogP contribution is -2.48. The summed E-state index contributed by atoms with van der Waals surface area (Å²) >= 11 is 0. The van der Waals surface area contributed by atoms with Crippen LogP contribution in [0.15, 0.2) is 36.7 Å². The summed E-state index contributed by atoms with van der Waals surface area (Å²) in [6.45, 7) is 7.40. The molecule has 0 N–H and O–H groups in total. The summed E-state index contributed by atoms with van der Waals surface area (Å²) in [4.78, 5) is 15.2. The molecule has 152 valence electrons. The molecule has 0 radical (unpaired) electrons. The second-order valence-electron chi connectivity index (χ2n) is 7.64. The second kappa shape index (κ2) is 9.34. The minimum Gasteiger partial charge on any atom is -0.466 e. The predicted molar refractivity (Wildman–Crippen MR) is 108 cm³/mol. The van der Waals surface area contributed by atoms with Crippen LogP contribution in [0.2, 0.25) is 0 Å². The van der Waals surface area contributed by atoms with E-state index in [9.17, 15) is 4.79 Å². The van der Waals surface area contributed by atoms with Crippen LogP contribution < -0.4 is 0 Å². The minimum atomic E-state index is -0.486. The second-order valence-corrected chi connectivity index (χ2v) is 7.64. The molecule has 3 rings (SSSR count). The Labute approximate surface area is 167 Å². The van der Waals surface area contributed by atoms with Gasteiger partial charge in [-0.05, 0) is 57.4 Å². The highest BCUT2D eigenvalue weighted by molar-refractivity contribution is 5.77. The molecule has 0 aliphatic carbocycles. The van der Waals surface area contributed by atoms with Gasteiger partial charge in [0.2, 0.25) is 0 Å². The van der Waals surface area contributed by atoms with Crippen LogP contribution in [0, 0.1) is 12.3 Å². The summed E-state index contributed by atoms with van der Waals surface area (Å²) in [5.74, 6) is -0.0895. The molecule has 1 fully saturated rings. The number of piperidine rings is 1. The van der Waals surface area contributed by atoms with E-state index in [0.29, 0.717) is 26.2 Å². The van der Waals surface area contributed by atoms with Gasteiger partial charge in [-0.2, -0.15) is 5.10 Å². The fourth-order valence-corrected chi connectivity index (χ4v) is 4.13. The van der Waals surface area contributed by atoms with Crippen molar-refractivity contribution in [3.63, 3.8) is 0 Å². The van der Waals surface area contributed by atoms with E-state index in [-0.39, 0.29) is 5.97 Å². The fraction of sp³-hybridized carbons (Fsp3) is 0.545. The first kappa shape index (κ1) is 20.6. The normalized spacial score (nSPS) is 20.2. The molecular formula is C22H31N3O3. The molecule has 1 aliphatic heterocycles. The summed E-state index contributed by atoms with van der Waals surface area (Å²) in [6.07, 6.45) is 6.28. The number of aromatic nitrogens is 2. The topological polar surface area (TPSA) is 56.6 Å². The zero-order valence-electron chi connectivity index (χ0n) is 17.2. The molecule has 1 unspecified atom stereocenters. The van der Waals surface area contributed by atoms with Crippen LogP contribution in [-0.2, 0) is 20.8 Å². The van der Waals surface area contributed by atoms with Crippen LogP contribution in [0.1, 0.15) is 37.3 Å². The van der Waals surface area contributed by atoms with E-state index in [4.69, 9.17) is 9.47 Å². The van der Waals surface area contributed by atoms with E-state index >= 15 is 0 Å². The number of carbonyl (C=O) groups excluding carboxylic acids is 1. The molecule has 1 atom stereocenters. The number of methoxy groups -OCH3 is 1. The van der Waals surface area contributed by atoms with Crippen molar-refractivity contribution in [1.82, 2.24) is 14.7 Å². The number of aryl methyl sites for hydroxylation is 1. The van der Waals surface area contributed by atoms with Crippen LogP contribution in [0.3, 0.4) is 0 Å². The largest absolute Gasteiger partial charge is 0.466 e. The van der Waals surface area contributed by atoms with Crippen LogP contribution >= 0.6 is 0 Å². The Morgan fingerprint density at radius 2 is 2.21 bits per heavy atom. The first-order chi connectivity index (χ1) is 13.6. The lowest BCUT2D eigenvalue weighted by atomic mass is 9.77. The van der Waals surface area contributed by atoms with Gasteiger partial charge in [0.25, 0.3) is 0 Å². The lowest BCUT2D eigenvalue weighted by molar-refractivity contribution is -0.160. The van der Waals surface area contributed by atoms with Gasteiger partial charge in [-0.25, -0.2) is 4.68 Å². The Morgan fingerprint density at radius 3 is 2.93 bits per heavy atom. The molecule has 2 aromatic rings. The van der Waals surface area contributed by atoms with Gasteiger partial charge < -0.3 is 9.47 Å². The number of carbonyl (C=O) groups is 1. The summed E-state index contributed by atoms with van der Waals surface area (Å²) < 4.78 is 12.6. The highest BCUT2D eigenvalue weighted by Crippen LogP contribution is 2.36. The molecule has 0 spiro atoms. The van der Waals surface area contributed by atoms with Crippen LogP contribution in [-0.4, -0.2) is 54.1 Å². The zero-order chi connectivity index (χ0) is 20.0. The van der Waals surface area contributed by atoms with Crippen molar-refractivity contribution in [1.29, 1.82) is 0 Å². The van der Waals surface area contributed by atoms with Gasteiger partial charge in [-0.3, -0.25) is 9.69 Å². The van der Waals surface area contributed by atoms with Gasteiger partial charge in [-0.1, -0.05) is 17.7 Å². The number of nitrogens with zero attached hydrogens (tertiary/aromatic N) is 3. The highest BCUT2D eigenvalue weighted by atomic mass is 16.5. The van der Waals surface area contributed by atoms with E-state index in [1.807, 2.05) is 23.9 Å². The number of likely N-dealkylation sites (tertiary alicyclic amines) is 1. The smallest absolute Gasteiger partial charge is 0.313 e. The molecule has 1 aliphatic rings. The lowest BCUT2D eigenvalue weighted by Gasteiger charge is -2.41. The third-order valence-corrected chi connectivity index (χ3v) is 5.53. The number of ether oxygens (including phenoxy) is 2. The van der Waals surface area contributed by atoms with Crippen molar-refractivity contribution in [2.24, 2.45) is 5.41 Å². The number of benzene rings is 1. The highest BCUT2D eigenvalue weighted by Gasteiger charge is 2.43. The van der Waals surface area contributed by atoms with Gasteiger partial charge >= 0.3 is 5.97 Å². The molecule has 0 saturated carbocycles. The Morgan fingerprint density at radius 1 is 1.36 bits per heavy atom. The van der Waals surface area contributed by atoms with Crippen molar-refractivity contribution in [3.05, 3.63) is 47.8 Å². The minimum absolute atomic E-state index is 0.0895. The van der Waals surface area contributed by atoms with E-state index in [2.05, 4.69) is 35.1 Å². The molecule has 6 heteroatoms. The first-order valence-electron chi connectivity index (χ1n) is 10.1. The molecule has 6 nitrogen and oxygen atoms in total. The maximum absolute atomic E-state index is 12.8. The third-order valence-electron chi connectivity index (χ3n) is 5.53. The van der Waals surface area contributed by atoms with Crippen molar-refractivity contribution < 1.29 is 14.3 Å². The van der Waals surface area contributed by atoms with Crippen LogP contribution in [0.4, 0.5) is 0 Å². The SMILES string of the molecule is CCOC(=O)C1(CCOC)CCCN(Cc2cc(C)ccc2-n2cccn2)C1. The zero-order valence-corrected chi connectivity index (χ0v) is 17.2. The molecule has 0 amide bonds. The maximum atomic E-state index is 12.8. The van der Waals surface area contributed by atoms with E-state index in [1.54, 1.807) is 13.3 Å². The van der Waals surface area contributed by atoms with Gasteiger partial charge in [0.05, 0.1) is 17.7 Å². The van der Waals surface area contributed by atoms with Crippen molar-refractivity contribution in [2.45, 2.75) is 39.7 Å². The van der Waals surface area contributed by atoms with E-state index in [0.717, 1.165) is 31.6 Å². The van der Waals surface area contributed by atoms with Crippen LogP contribution in [0.5, 0.6) is 0 Å². The molecule has 1 saturated heterocycles. The van der Waals surface area contributed by atoms with Crippen molar-refractivity contribution >= 4 is 5.97 Å².